The molecule has 0 saturated carbocycles. The number of oxazole rings is 1. The van der Waals surface area contributed by atoms with Crippen LogP contribution in [0.3, 0.4) is 0 Å². The molecule has 96 valence electrons. The first-order chi connectivity index (χ1) is 8.35. The van der Waals surface area contributed by atoms with Gasteiger partial charge in [0.1, 0.15) is 0 Å². The lowest BCUT2D eigenvalue weighted by Gasteiger charge is -2.19. The number of fused-ring (bicyclic) bond motifs is 1. The highest BCUT2D eigenvalue weighted by Gasteiger charge is 2.25. The van der Waals surface area contributed by atoms with E-state index in [9.17, 15) is 4.79 Å². The average Bonchev–Trinajstić information content (AvgIpc) is 2.55. The first kappa shape index (κ1) is 12.5. The summed E-state index contributed by atoms with van der Waals surface area (Å²) >= 11 is 0. The molecule has 0 spiro atoms. The highest BCUT2D eigenvalue weighted by molar-refractivity contribution is 5.68. The molecule has 5 heteroatoms. The van der Waals surface area contributed by atoms with Crippen molar-refractivity contribution >= 4 is 17.2 Å². The number of carbonyl (C=O) groups is 1. The second kappa shape index (κ2) is 4.40. The number of nitrogens with zero attached hydrogens (tertiary/aromatic N) is 2. The zero-order valence-electron chi connectivity index (χ0n) is 10.7. The lowest BCUT2D eigenvalue weighted by Crippen LogP contribution is -2.19. The Hall–Kier alpha value is -1.91. The minimum absolute atomic E-state index is 0.0815. The molecular weight excluding hydrogens is 232 g/mol. The van der Waals surface area contributed by atoms with Gasteiger partial charge in [0.05, 0.1) is 6.42 Å². The average molecular weight is 248 g/mol. The van der Waals surface area contributed by atoms with Gasteiger partial charge in [-0.05, 0) is 24.5 Å². The molecule has 2 rings (SSSR count). The summed E-state index contributed by atoms with van der Waals surface area (Å²) in [6, 6.07) is 3.69. The van der Waals surface area contributed by atoms with Crippen molar-refractivity contribution in [3.8, 4) is 0 Å². The molecule has 0 bridgehead atoms. The molecule has 18 heavy (non-hydrogen) atoms. The van der Waals surface area contributed by atoms with Gasteiger partial charge in [-0.15, -0.1) is 0 Å². The van der Waals surface area contributed by atoms with Crippen LogP contribution in [-0.4, -0.2) is 21.0 Å². The molecule has 0 saturated heterocycles. The van der Waals surface area contributed by atoms with Crippen LogP contribution in [0.1, 0.15) is 31.9 Å². The fourth-order valence-corrected chi connectivity index (χ4v) is 1.91. The Labute approximate surface area is 105 Å². The maximum atomic E-state index is 10.8. The van der Waals surface area contributed by atoms with Crippen LogP contribution in [0.5, 0.6) is 0 Å². The van der Waals surface area contributed by atoms with Gasteiger partial charge in [-0.25, -0.2) is 4.98 Å². The predicted molar refractivity (Wildman–Crippen MR) is 66.3 cm³/mol. The van der Waals surface area contributed by atoms with Gasteiger partial charge in [-0.1, -0.05) is 13.8 Å². The SMILES string of the molecule is Cc1ccc2oc(CC(C)(C)CC(=O)O)nc2n1. The smallest absolute Gasteiger partial charge is 0.303 e. The number of hydrogen-bond donors (Lipinski definition) is 1. The van der Waals surface area contributed by atoms with E-state index >= 15 is 0 Å². The van der Waals surface area contributed by atoms with Crippen molar-refractivity contribution in [3.05, 3.63) is 23.7 Å². The van der Waals surface area contributed by atoms with Crippen molar-refractivity contribution < 1.29 is 14.3 Å². The molecule has 0 aliphatic rings. The van der Waals surface area contributed by atoms with Crippen LogP contribution in [0.4, 0.5) is 0 Å². The van der Waals surface area contributed by atoms with E-state index < -0.39 is 5.97 Å². The van der Waals surface area contributed by atoms with E-state index in [1.165, 1.54) is 0 Å². The second-order valence-electron chi connectivity index (χ2n) is 5.29. The van der Waals surface area contributed by atoms with E-state index in [0.29, 0.717) is 23.5 Å². The van der Waals surface area contributed by atoms with Gasteiger partial charge >= 0.3 is 5.97 Å². The quantitative estimate of drug-likeness (QED) is 0.899. The van der Waals surface area contributed by atoms with E-state index in [-0.39, 0.29) is 11.8 Å². The Morgan fingerprint density at radius 3 is 2.78 bits per heavy atom. The third-order valence-corrected chi connectivity index (χ3v) is 2.70. The summed E-state index contributed by atoms with van der Waals surface area (Å²) in [5.41, 5.74) is 1.71. The van der Waals surface area contributed by atoms with Crippen molar-refractivity contribution in [2.45, 2.75) is 33.6 Å². The maximum Gasteiger partial charge on any atom is 0.303 e. The normalized spacial score (nSPS) is 11.9. The van der Waals surface area contributed by atoms with E-state index in [1.54, 1.807) is 0 Å². The minimum Gasteiger partial charge on any atom is -0.481 e. The fraction of sp³-hybridized carbons (Fsp3) is 0.462. The van der Waals surface area contributed by atoms with E-state index in [0.717, 1.165) is 5.69 Å². The molecule has 0 aromatic carbocycles. The Balaban J connectivity index is 2.24. The standard InChI is InChI=1S/C13H16N2O3/c1-8-4-5-9-12(14-8)15-10(18-9)6-13(2,3)7-11(16)17/h4-5H,6-7H2,1-3H3,(H,16,17). The summed E-state index contributed by atoms with van der Waals surface area (Å²) in [5.74, 6) is -0.278. The monoisotopic (exact) mass is 248 g/mol. The van der Waals surface area contributed by atoms with Crippen LogP contribution in [0.25, 0.3) is 11.2 Å². The molecular formula is C13H16N2O3. The molecule has 0 amide bonds. The number of rotatable bonds is 4. The van der Waals surface area contributed by atoms with Gasteiger partial charge in [-0.2, -0.15) is 4.98 Å². The molecule has 0 atom stereocenters. The third kappa shape index (κ3) is 2.85. The molecule has 2 aromatic rings. The second-order valence-corrected chi connectivity index (χ2v) is 5.29. The highest BCUT2D eigenvalue weighted by atomic mass is 16.4. The number of pyridine rings is 1. The van der Waals surface area contributed by atoms with Crippen molar-refractivity contribution in [2.75, 3.05) is 0 Å². The van der Waals surface area contributed by atoms with Crippen LogP contribution in [0, 0.1) is 12.3 Å². The zero-order chi connectivity index (χ0) is 13.3. The highest BCUT2D eigenvalue weighted by Crippen LogP contribution is 2.27. The first-order valence-electron chi connectivity index (χ1n) is 5.81. The Kier molecular flexibility index (Phi) is 3.07. The van der Waals surface area contributed by atoms with Crippen molar-refractivity contribution in [2.24, 2.45) is 5.41 Å². The topological polar surface area (TPSA) is 76.2 Å². The van der Waals surface area contributed by atoms with Gasteiger partial charge in [0, 0.05) is 12.1 Å². The van der Waals surface area contributed by atoms with Crippen LogP contribution >= 0.6 is 0 Å². The van der Waals surface area contributed by atoms with E-state index in [2.05, 4.69) is 9.97 Å². The van der Waals surface area contributed by atoms with Gasteiger partial charge in [-0.3, -0.25) is 4.79 Å². The molecule has 0 aliphatic carbocycles. The van der Waals surface area contributed by atoms with E-state index in [4.69, 9.17) is 9.52 Å². The van der Waals surface area contributed by atoms with Crippen molar-refractivity contribution in [3.63, 3.8) is 0 Å². The lowest BCUT2D eigenvalue weighted by molar-refractivity contribution is -0.139. The Bertz CT molecular complexity index is 587. The summed E-state index contributed by atoms with van der Waals surface area (Å²) in [6.07, 6.45) is 0.562. The lowest BCUT2D eigenvalue weighted by atomic mass is 9.86. The fourth-order valence-electron chi connectivity index (χ4n) is 1.91. The molecule has 0 fully saturated rings. The first-order valence-corrected chi connectivity index (χ1v) is 5.81. The zero-order valence-corrected chi connectivity index (χ0v) is 10.7. The predicted octanol–water partition coefficient (Wildman–Crippen LogP) is 2.57. The van der Waals surface area contributed by atoms with Crippen molar-refractivity contribution in [1.82, 2.24) is 9.97 Å². The Morgan fingerprint density at radius 1 is 1.39 bits per heavy atom. The summed E-state index contributed by atoms with van der Waals surface area (Å²) in [6.45, 7) is 5.66. The third-order valence-electron chi connectivity index (χ3n) is 2.70. The summed E-state index contributed by atoms with van der Waals surface area (Å²) in [5, 5.41) is 8.84. The van der Waals surface area contributed by atoms with Gasteiger partial charge in [0.25, 0.3) is 0 Å². The Morgan fingerprint density at radius 2 is 2.11 bits per heavy atom. The number of aryl methyl sites for hydroxylation is 1. The van der Waals surface area contributed by atoms with Gasteiger partial charge < -0.3 is 9.52 Å². The van der Waals surface area contributed by atoms with Gasteiger partial charge in [0.15, 0.2) is 17.1 Å². The molecule has 2 aromatic heterocycles. The summed E-state index contributed by atoms with van der Waals surface area (Å²) in [4.78, 5) is 19.3. The number of carboxylic acids is 1. The number of hydrogen-bond acceptors (Lipinski definition) is 4. The van der Waals surface area contributed by atoms with Gasteiger partial charge in [0.2, 0.25) is 0 Å². The van der Waals surface area contributed by atoms with Crippen molar-refractivity contribution in [1.29, 1.82) is 0 Å². The van der Waals surface area contributed by atoms with Crippen LogP contribution < -0.4 is 0 Å². The number of aliphatic carboxylic acids is 1. The maximum absolute atomic E-state index is 10.8. The molecule has 1 N–H and O–H groups in total. The minimum atomic E-state index is -0.815. The number of carboxylic acid groups (broad SMARTS) is 1. The van der Waals surface area contributed by atoms with Crippen LogP contribution in [0.2, 0.25) is 0 Å². The molecule has 5 nitrogen and oxygen atoms in total. The molecule has 0 aliphatic heterocycles. The summed E-state index contributed by atoms with van der Waals surface area (Å²) in [7, 11) is 0. The molecule has 0 unspecified atom stereocenters. The largest absolute Gasteiger partial charge is 0.481 e. The van der Waals surface area contributed by atoms with Crippen LogP contribution in [0.15, 0.2) is 16.5 Å². The van der Waals surface area contributed by atoms with E-state index in [1.807, 2.05) is 32.9 Å². The van der Waals surface area contributed by atoms with Crippen LogP contribution in [-0.2, 0) is 11.2 Å². The number of aromatic nitrogens is 2. The summed E-state index contributed by atoms with van der Waals surface area (Å²) < 4.78 is 5.57. The molecule has 2 heterocycles. The molecule has 0 radical (unpaired) electrons.